The number of aromatic nitrogens is 3. The molecule has 0 saturated heterocycles. The zero-order valence-corrected chi connectivity index (χ0v) is 16.2. The van der Waals surface area contributed by atoms with Crippen molar-refractivity contribution in [1.82, 2.24) is 20.5 Å². The number of pyridine rings is 1. The van der Waals surface area contributed by atoms with Gasteiger partial charge in [0.25, 0.3) is 0 Å². The molecule has 5 heteroatoms. The smallest absolute Gasteiger partial charge is 0.0576 e. The summed E-state index contributed by atoms with van der Waals surface area (Å²) < 4.78 is 0. The van der Waals surface area contributed by atoms with Crippen molar-refractivity contribution >= 4 is 11.3 Å². The van der Waals surface area contributed by atoms with E-state index in [4.69, 9.17) is 0 Å². The molecule has 0 aliphatic rings. The molecule has 2 N–H and O–H groups in total. The Balaban J connectivity index is 1.78. The Kier molecular flexibility index (Phi) is 5.35. The fourth-order valence-corrected chi connectivity index (χ4v) is 3.62. The van der Waals surface area contributed by atoms with Crippen molar-refractivity contribution in [3.05, 3.63) is 69.4 Å². The second kappa shape index (κ2) is 7.50. The van der Waals surface area contributed by atoms with Gasteiger partial charge in [0, 0.05) is 29.4 Å². The topological polar surface area (TPSA) is 53.6 Å². The molecule has 1 atom stereocenters. The monoisotopic (exact) mass is 354 g/mol. The molecule has 4 nitrogen and oxygen atoms in total. The minimum absolute atomic E-state index is 0.0540. The van der Waals surface area contributed by atoms with Crippen LogP contribution in [0.5, 0.6) is 0 Å². The minimum Gasteiger partial charge on any atom is -0.304 e. The Hall–Kier alpha value is -1.98. The van der Waals surface area contributed by atoms with Crippen molar-refractivity contribution < 1.29 is 0 Å². The zero-order chi connectivity index (χ0) is 17.9. The van der Waals surface area contributed by atoms with Crippen LogP contribution in [0.3, 0.4) is 0 Å². The van der Waals surface area contributed by atoms with Gasteiger partial charge >= 0.3 is 0 Å². The average Bonchev–Trinajstić information content (AvgIpc) is 3.23. The Bertz CT molecular complexity index is 782. The summed E-state index contributed by atoms with van der Waals surface area (Å²) in [7, 11) is 0. The van der Waals surface area contributed by atoms with E-state index in [1.807, 2.05) is 12.4 Å². The molecule has 1 unspecified atom stereocenters. The van der Waals surface area contributed by atoms with Crippen LogP contribution in [-0.4, -0.2) is 15.2 Å². The van der Waals surface area contributed by atoms with Crippen LogP contribution in [0, 0.1) is 6.92 Å². The van der Waals surface area contributed by atoms with Crippen LogP contribution in [0.2, 0.25) is 0 Å². The molecule has 0 bridgehead atoms. The van der Waals surface area contributed by atoms with E-state index in [0.717, 1.165) is 18.7 Å². The zero-order valence-electron chi connectivity index (χ0n) is 15.3. The molecule has 3 aromatic heterocycles. The fraction of sp³-hybridized carbons (Fsp3) is 0.400. The molecule has 0 spiro atoms. The van der Waals surface area contributed by atoms with Gasteiger partial charge in [-0.1, -0.05) is 26.8 Å². The van der Waals surface area contributed by atoms with E-state index in [1.54, 1.807) is 11.3 Å². The molecular formula is C20H26N4S. The lowest BCUT2D eigenvalue weighted by Gasteiger charge is -2.21. The van der Waals surface area contributed by atoms with Crippen LogP contribution in [0.25, 0.3) is 0 Å². The second-order valence-electron chi connectivity index (χ2n) is 7.55. The van der Waals surface area contributed by atoms with Crippen molar-refractivity contribution in [1.29, 1.82) is 0 Å². The lowest BCUT2D eigenvalue weighted by atomic mass is 9.89. The molecule has 3 heterocycles. The van der Waals surface area contributed by atoms with E-state index < -0.39 is 0 Å². The number of hydrogen-bond donors (Lipinski definition) is 2. The fourth-order valence-electron chi connectivity index (χ4n) is 2.94. The maximum atomic E-state index is 4.65. The number of nitrogens with zero attached hydrogens (tertiary/aromatic N) is 2. The van der Waals surface area contributed by atoms with E-state index in [0.29, 0.717) is 0 Å². The molecule has 25 heavy (non-hydrogen) atoms. The van der Waals surface area contributed by atoms with Gasteiger partial charge in [-0.15, -0.1) is 0 Å². The summed E-state index contributed by atoms with van der Waals surface area (Å²) in [6.07, 6.45) is 4.80. The molecule has 0 saturated carbocycles. The summed E-state index contributed by atoms with van der Waals surface area (Å²) in [5, 5.41) is 15.4. The summed E-state index contributed by atoms with van der Waals surface area (Å²) >= 11 is 1.74. The largest absolute Gasteiger partial charge is 0.304 e. The van der Waals surface area contributed by atoms with Crippen molar-refractivity contribution in [3.8, 4) is 0 Å². The summed E-state index contributed by atoms with van der Waals surface area (Å²) in [4.78, 5) is 4.65. The lowest BCUT2D eigenvalue weighted by Crippen LogP contribution is -2.25. The van der Waals surface area contributed by atoms with E-state index in [1.165, 1.54) is 22.4 Å². The van der Waals surface area contributed by atoms with E-state index in [-0.39, 0.29) is 11.5 Å². The van der Waals surface area contributed by atoms with Gasteiger partial charge in [0.15, 0.2) is 0 Å². The number of nitrogens with one attached hydrogen (secondary N) is 2. The highest BCUT2D eigenvalue weighted by Gasteiger charge is 2.21. The van der Waals surface area contributed by atoms with Crippen LogP contribution in [0.1, 0.15) is 54.9 Å². The first-order valence-electron chi connectivity index (χ1n) is 8.63. The second-order valence-corrected chi connectivity index (χ2v) is 8.33. The van der Waals surface area contributed by atoms with Crippen molar-refractivity contribution in [2.24, 2.45) is 0 Å². The quantitative estimate of drug-likeness (QED) is 0.683. The van der Waals surface area contributed by atoms with Crippen molar-refractivity contribution in [3.63, 3.8) is 0 Å². The Labute approximate surface area is 153 Å². The van der Waals surface area contributed by atoms with Crippen LogP contribution in [-0.2, 0) is 18.4 Å². The summed E-state index contributed by atoms with van der Waals surface area (Å²) in [6, 6.07) is 6.62. The van der Waals surface area contributed by atoms with Gasteiger partial charge in [-0.05, 0) is 47.4 Å². The Morgan fingerprint density at radius 3 is 2.68 bits per heavy atom. The molecule has 3 rings (SSSR count). The third kappa shape index (κ3) is 4.55. The Morgan fingerprint density at radius 1 is 1.20 bits per heavy atom. The van der Waals surface area contributed by atoms with Crippen LogP contribution < -0.4 is 5.32 Å². The average molecular weight is 355 g/mol. The van der Waals surface area contributed by atoms with E-state index in [9.17, 15) is 0 Å². The lowest BCUT2D eigenvalue weighted by molar-refractivity contribution is 0.505. The molecule has 0 aliphatic carbocycles. The maximum absolute atomic E-state index is 4.65. The molecule has 3 aromatic rings. The molecule has 0 amide bonds. The SMILES string of the molecule is Cc1ccc(C(Cc2ccsc2)NCc2cn[nH]c2C(C)(C)C)nc1. The van der Waals surface area contributed by atoms with Crippen LogP contribution in [0.15, 0.2) is 41.4 Å². The first kappa shape index (κ1) is 17.8. The highest BCUT2D eigenvalue weighted by atomic mass is 32.1. The molecule has 0 aromatic carbocycles. The van der Waals surface area contributed by atoms with Crippen molar-refractivity contribution in [2.75, 3.05) is 0 Å². The number of aromatic amines is 1. The molecule has 132 valence electrons. The highest BCUT2D eigenvalue weighted by molar-refractivity contribution is 7.07. The number of rotatable bonds is 6. The summed E-state index contributed by atoms with van der Waals surface area (Å²) in [5.74, 6) is 0. The predicted octanol–water partition coefficient (Wildman–Crippen LogP) is 4.55. The van der Waals surface area contributed by atoms with Crippen LogP contribution in [0.4, 0.5) is 0 Å². The number of hydrogen-bond acceptors (Lipinski definition) is 4. The van der Waals surface area contributed by atoms with Gasteiger partial charge in [-0.3, -0.25) is 10.1 Å². The minimum atomic E-state index is 0.0540. The first-order chi connectivity index (χ1) is 11.9. The van der Waals surface area contributed by atoms with Crippen molar-refractivity contribution in [2.45, 2.75) is 52.1 Å². The molecule has 0 fully saturated rings. The van der Waals surface area contributed by atoms with Gasteiger partial charge < -0.3 is 5.32 Å². The number of H-pyrrole nitrogens is 1. The summed E-state index contributed by atoms with van der Waals surface area (Å²) in [6.45, 7) is 9.45. The molecular weight excluding hydrogens is 328 g/mol. The third-order valence-electron chi connectivity index (χ3n) is 4.32. The van der Waals surface area contributed by atoms with Gasteiger partial charge in [0.1, 0.15) is 0 Å². The van der Waals surface area contributed by atoms with Gasteiger partial charge in [-0.25, -0.2) is 0 Å². The van der Waals surface area contributed by atoms with E-state index in [2.05, 4.69) is 77.2 Å². The molecule has 0 radical (unpaired) electrons. The maximum Gasteiger partial charge on any atom is 0.0576 e. The highest BCUT2D eigenvalue weighted by Crippen LogP contribution is 2.25. The summed E-state index contributed by atoms with van der Waals surface area (Å²) in [5.41, 5.74) is 6.06. The Morgan fingerprint density at radius 2 is 2.04 bits per heavy atom. The van der Waals surface area contributed by atoms with Crippen LogP contribution >= 0.6 is 11.3 Å². The van der Waals surface area contributed by atoms with Gasteiger partial charge in [-0.2, -0.15) is 16.4 Å². The number of aryl methyl sites for hydroxylation is 1. The van der Waals surface area contributed by atoms with Gasteiger partial charge in [0.2, 0.25) is 0 Å². The predicted molar refractivity (Wildman–Crippen MR) is 104 cm³/mol. The third-order valence-corrected chi connectivity index (χ3v) is 5.05. The normalized spacial score (nSPS) is 13.1. The standard InChI is InChI=1S/C20H26N4S/c1-14-5-6-17(21-10-14)18(9-15-7-8-25-13-15)22-11-16-12-23-24-19(16)20(2,3)4/h5-8,10,12-13,18,22H,9,11H2,1-4H3,(H,23,24). The number of thiophene rings is 1. The van der Waals surface area contributed by atoms with E-state index >= 15 is 0 Å². The van der Waals surface area contributed by atoms with Gasteiger partial charge in [0.05, 0.1) is 17.9 Å². The first-order valence-corrected chi connectivity index (χ1v) is 9.57. The molecule has 0 aliphatic heterocycles.